The number of primary sulfonamides is 1. The first-order valence-electron chi connectivity index (χ1n) is 5.89. The zero-order valence-corrected chi connectivity index (χ0v) is 12.6. The lowest BCUT2D eigenvalue weighted by atomic mass is 10.2. The number of sulfonamides is 1. The van der Waals surface area contributed by atoms with Crippen LogP contribution >= 0.6 is 11.6 Å². The average Bonchev–Trinajstić information content (AvgIpc) is 2.31. The number of ether oxygens (including phenoxy) is 1. The van der Waals surface area contributed by atoms with Gasteiger partial charge in [-0.25, -0.2) is 22.7 Å². The van der Waals surface area contributed by atoms with Gasteiger partial charge < -0.3 is 4.74 Å². The van der Waals surface area contributed by atoms with Crippen LogP contribution in [0.5, 0.6) is 0 Å². The number of halogens is 2. The van der Waals surface area contributed by atoms with Crippen LogP contribution in [0.2, 0.25) is 5.02 Å². The molecule has 1 aromatic carbocycles. The van der Waals surface area contributed by atoms with Crippen molar-refractivity contribution in [1.82, 2.24) is 0 Å². The third-order valence-corrected chi connectivity index (χ3v) is 3.83. The van der Waals surface area contributed by atoms with E-state index in [0.717, 1.165) is 12.5 Å². The Morgan fingerprint density at radius 3 is 2.60 bits per heavy atom. The molecule has 0 radical (unpaired) electrons. The van der Waals surface area contributed by atoms with E-state index in [1.165, 1.54) is 0 Å². The second kappa shape index (κ2) is 6.51. The van der Waals surface area contributed by atoms with Crippen LogP contribution in [0.1, 0.15) is 37.0 Å². The summed E-state index contributed by atoms with van der Waals surface area (Å²) in [5.41, 5.74) is -0.362. The van der Waals surface area contributed by atoms with Gasteiger partial charge in [-0.3, -0.25) is 0 Å². The van der Waals surface area contributed by atoms with E-state index in [9.17, 15) is 17.6 Å². The molecule has 0 aromatic heterocycles. The van der Waals surface area contributed by atoms with Crippen molar-refractivity contribution in [3.63, 3.8) is 0 Å². The molecule has 0 heterocycles. The first kappa shape index (κ1) is 16.9. The molecule has 1 unspecified atom stereocenters. The molecule has 20 heavy (non-hydrogen) atoms. The summed E-state index contributed by atoms with van der Waals surface area (Å²) < 4.78 is 41.0. The molecule has 0 saturated heterocycles. The van der Waals surface area contributed by atoms with Crippen LogP contribution in [0, 0.1) is 5.82 Å². The normalized spacial score (nSPS) is 13.1. The second-order valence-corrected chi connectivity index (χ2v) is 6.26. The Morgan fingerprint density at radius 1 is 1.50 bits per heavy atom. The summed E-state index contributed by atoms with van der Waals surface area (Å²) in [6, 6.07) is 1.56. The number of benzene rings is 1. The summed E-state index contributed by atoms with van der Waals surface area (Å²) >= 11 is 5.66. The van der Waals surface area contributed by atoms with Gasteiger partial charge in [0.25, 0.3) is 0 Å². The van der Waals surface area contributed by atoms with Gasteiger partial charge in [0.1, 0.15) is 5.82 Å². The molecule has 0 aliphatic heterocycles. The topological polar surface area (TPSA) is 86.5 Å². The highest BCUT2D eigenvalue weighted by atomic mass is 35.5. The molecule has 0 aliphatic carbocycles. The highest BCUT2D eigenvalue weighted by Gasteiger charge is 2.22. The van der Waals surface area contributed by atoms with Gasteiger partial charge in [-0.1, -0.05) is 24.9 Å². The Balaban J connectivity index is 3.17. The van der Waals surface area contributed by atoms with Gasteiger partial charge in [-0.15, -0.1) is 0 Å². The van der Waals surface area contributed by atoms with E-state index in [1.54, 1.807) is 6.92 Å². The summed E-state index contributed by atoms with van der Waals surface area (Å²) in [7, 11) is -4.14. The van der Waals surface area contributed by atoms with Crippen molar-refractivity contribution < 1.29 is 22.3 Å². The summed E-state index contributed by atoms with van der Waals surface area (Å²) in [5, 5.41) is 4.41. The number of esters is 1. The predicted molar refractivity (Wildman–Crippen MR) is 72.6 cm³/mol. The first-order valence-corrected chi connectivity index (χ1v) is 7.82. The van der Waals surface area contributed by atoms with Crippen molar-refractivity contribution in [2.24, 2.45) is 5.14 Å². The maximum Gasteiger partial charge on any atom is 0.340 e. The highest BCUT2D eigenvalue weighted by molar-refractivity contribution is 7.89. The largest absolute Gasteiger partial charge is 0.459 e. The minimum Gasteiger partial charge on any atom is -0.459 e. The van der Waals surface area contributed by atoms with Crippen LogP contribution in [-0.4, -0.2) is 20.5 Å². The highest BCUT2D eigenvalue weighted by Crippen LogP contribution is 2.25. The van der Waals surface area contributed by atoms with Crippen molar-refractivity contribution in [1.29, 1.82) is 0 Å². The molecule has 0 amide bonds. The van der Waals surface area contributed by atoms with E-state index < -0.39 is 31.7 Å². The Morgan fingerprint density at radius 2 is 2.10 bits per heavy atom. The molecular weight excluding hydrogens is 309 g/mol. The third-order valence-electron chi connectivity index (χ3n) is 2.55. The van der Waals surface area contributed by atoms with Crippen LogP contribution in [0.25, 0.3) is 0 Å². The molecule has 2 N–H and O–H groups in total. The Kier molecular flexibility index (Phi) is 5.50. The fourth-order valence-electron chi connectivity index (χ4n) is 1.59. The maximum absolute atomic E-state index is 13.6. The molecule has 0 saturated carbocycles. The van der Waals surface area contributed by atoms with Crippen LogP contribution < -0.4 is 5.14 Å². The van der Waals surface area contributed by atoms with E-state index in [-0.39, 0.29) is 11.7 Å². The molecule has 0 fully saturated rings. The predicted octanol–water partition coefficient (Wildman–Crippen LogP) is 2.47. The van der Waals surface area contributed by atoms with Gasteiger partial charge >= 0.3 is 5.97 Å². The molecule has 0 spiro atoms. The number of nitrogens with two attached hydrogens (primary N) is 1. The summed E-state index contributed by atoms with van der Waals surface area (Å²) in [4.78, 5) is 11.3. The summed E-state index contributed by atoms with van der Waals surface area (Å²) in [6.45, 7) is 3.59. The minimum absolute atomic E-state index is 0.362. The molecule has 112 valence electrons. The van der Waals surface area contributed by atoms with Crippen LogP contribution in [0.15, 0.2) is 17.0 Å². The van der Waals surface area contributed by atoms with E-state index in [4.69, 9.17) is 21.5 Å². The number of carbonyl (C=O) groups excluding carboxylic acids is 1. The number of carbonyl (C=O) groups is 1. The lowest BCUT2D eigenvalue weighted by Crippen LogP contribution is -2.18. The summed E-state index contributed by atoms with van der Waals surface area (Å²) in [6.07, 6.45) is 1.04. The zero-order chi connectivity index (χ0) is 15.5. The molecule has 1 atom stereocenters. The van der Waals surface area contributed by atoms with E-state index in [0.29, 0.717) is 12.5 Å². The van der Waals surface area contributed by atoms with Crippen LogP contribution in [0.3, 0.4) is 0 Å². The van der Waals surface area contributed by atoms with Crippen molar-refractivity contribution >= 4 is 27.6 Å². The fraction of sp³-hybridized carbons (Fsp3) is 0.417. The quantitative estimate of drug-likeness (QED) is 0.843. The Labute approximate surface area is 121 Å². The van der Waals surface area contributed by atoms with Crippen LogP contribution in [0.4, 0.5) is 4.39 Å². The SMILES string of the molecule is CCCC(C)OC(=O)c1cc(S(N)(=O)=O)cc(F)c1Cl. The second-order valence-electron chi connectivity index (χ2n) is 4.32. The van der Waals surface area contributed by atoms with Gasteiger partial charge in [-0.05, 0) is 25.5 Å². The van der Waals surface area contributed by atoms with Gasteiger partial charge in [0, 0.05) is 0 Å². The van der Waals surface area contributed by atoms with Gasteiger partial charge in [0.15, 0.2) is 0 Å². The third kappa shape index (κ3) is 4.16. The minimum atomic E-state index is -4.14. The molecule has 0 bridgehead atoms. The van der Waals surface area contributed by atoms with E-state index in [1.807, 2.05) is 6.92 Å². The molecule has 0 aliphatic rings. The van der Waals surface area contributed by atoms with E-state index in [2.05, 4.69) is 0 Å². The maximum atomic E-state index is 13.6. The lowest BCUT2D eigenvalue weighted by molar-refractivity contribution is 0.0323. The number of hydrogen-bond acceptors (Lipinski definition) is 4. The zero-order valence-electron chi connectivity index (χ0n) is 11.0. The van der Waals surface area contributed by atoms with Crippen molar-refractivity contribution in [3.8, 4) is 0 Å². The number of rotatable bonds is 5. The van der Waals surface area contributed by atoms with Gasteiger partial charge in [0.2, 0.25) is 10.0 Å². The number of hydrogen-bond donors (Lipinski definition) is 1. The smallest absolute Gasteiger partial charge is 0.340 e. The lowest BCUT2D eigenvalue weighted by Gasteiger charge is -2.13. The van der Waals surface area contributed by atoms with E-state index >= 15 is 0 Å². The monoisotopic (exact) mass is 323 g/mol. The summed E-state index contributed by atoms with van der Waals surface area (Å²) in [5.74, 6) is -1.94. The Bertz CT molecular complexity index is 618. The van der Waals surface area contributed by atoms with Crippen molar-refractivity contribution in [3.05, 3.63) is 28.5 Å². The first-order chi connectivity index (χ1) is 9.16. The Hall–Kier alpha value is -1.18. The van der Waals surface area contributed by atoms with Crippen molar-refractivity contribution in [2.45, 2.75) is 37.7 Å². The average molecular weight is 324 g/mol. The van der Waals surface area contributed by atoms with Gasteiger partial charge in [0.05, 0.1) is 21.6 Å². The molecule has 1 rings (SSSR count). The standard InChI is InChI=1S/C12H15ClFNO4S/c1-3-4-7(2)19-12(16)9-5-8(20(15,17)18)6-10(14)11(9)13/h5-7H,3-4H2,1-2H3,(H2,15,17,18). The fourth-order valence-corrected chi connectivity index (χ4v) is 2.32. The van der Waals surface area contributed by atoms with Crippen LogP contribution in [-0.2, 0) is 14.8 Å². The van der Waals surface area contributed by atoms with Crippen molar-refractivity contribution in [2.75, 3.05) is 0 Å². The van der Waals surface area contributed by atoms with Gasteiger partial charge in [-0.2, -0.15) is 0 Å². The molecular formula is C12H15ClFNO4S. The molecule has 5 nitrogen and oxygen atoms in total. The molecule has 8 heteroatoms. The molecule has 1 aromatic rings.